The van der Waals surface area contributed by atoms with Crippen molar-refractivity contribution in [3.63, 3.8) is 0 Å². The lowest BCUT2D eigenvalue weighted by atomic mass is 9.99. The van der Waals surface area contributed by atoms with Crippen LogP contribution in [-0.4, -0.2) is 44.6 Å². The lowest BCUT2D eigenvalue weighted by Crippen LogP contribution is -2.26. The molecule has 0 radical (unpaired) electrons. The Morgan fingerprint density at radius 1 is 1.36 bits per heavy atom. The van der Waals surface area contributed by atoms with E-state index in [4.69, 9.17) is 34.0 Å². The standard InChI is InChI=1S/C19H21Cl2N5O2/c1-10(22)7-14-11(2)24-19-25-16(18(28)23-5-6-27)9-26(19)17(14)13-4-3-12(20)8-15(13)21/h3-4,8-10,27H,5-7,22H2,1-2H3,(H,23,28)/t10-/m0/s1. The number of aliphatic hydroxyl groups is 1. The number of imidazole rings is 1. The minimum atomic E-state index is -0.390. The van der Waals surface area contributed by atoms with E-state index in [2.05, 4.69) is 15.3 Å². The normalized spacial score (nSPS) is 12.4. The quantitative estimate of drug-likeness (QED) is 0.567. The van der Waals surface area contributed by atoms with Crippen molar-refractivity contribution in [2.45, 2.75) is 26.3 Å². The van der Waals surface area contributed by atoms with E-state index in [1.807, 2.05) is 19.9 Å². The molecule has 1 atom stereocenters. The monoisotopic (exact) mass is 421 g/mol. The first kappa shape index (κ1) is 20.5. The summed E-state index contributed by atoms with van der Waals surface area (Å²) in [7, 11) is 0. The number of aryl methyl sites for hydroxylation is 1. The molecule has 9 heteroatoms. The Kier molecular flexibility index (Phi) is 6.20. The average Bonchev–Trinajstić information content (AvgIpc) is 3.04. The van der Waals surface area contributed by atoms with Crippen LogP contribution in [0.1, 0.15) is 28.7 Å². The van der Waals surface area contributed by atoms with Gasteiger partial charge in [0, 0.05) is 35.1 Å². The number of hydrogen-bond acceptors (Lipinski definition) is 5. The van der Waals surface area contributed by atoms with Crippen LogP contribution in [0.3, 0.4) is 0 Å². The van der Waals surface area contributed by atoms with E-state index in [0.29, 0.717) is 22.2 Å². The summed E-state index contributed by atoms with van der Waals surface area (Å²) in [6.45, 7) is 3.79. The van der Waals surface area contributed by atoms with Gasteiger partial charge >= 0.3 is 0 Å². The van der Waals surface area contributed by atoms with Crippen LogP contribution in [0.2, 0.25) is 10.0 Å². The van der Waals surface area contributed by atoms with Gasteiger partial charge in [0.2, 0.25) is 5.78 Å². The molecule has 148 valence electrons. The maximum Gasteiger partial charge on any atom is 0.271 e. The molecule has 0 unspecified atom stereocenters. The Hall–Kier alpha value is -2.19. The van der Waals surface area contributed by atoms with Crippen LogP contribution in [0.4, 0.5) is 0 Å². The van der Waals surface area contributed by atoms with Gasteiger partial charge in [0.25, 0.3) is 5.91 Å². The third kappa shape index (κ3) is 4.12. The maximum atomic E-state index is 12.3. The molecule has 0 saturated heterocycles. The van der Waals surface area contributed by atoms with Crippen molar-refractivity contribution in [3.8, 4) is 11.3 Å². The summed E-state index contributed by atoms with van der Waals surface area (Å²) >= 11 is 12.5. The molecule has 1 aromatic carbocycles. The molecule has 2 aromatic heterocycles. The third-order valence-electron chi connectivity index (χ3n) is 4.26. The number of carbonyl (C=O) groups excluding carboxylic acids is 1. The summed E-state index contributed by atoms with van der Waals surface area (Å²) in [6.07, 6.45) is 2.19. The zero-order chi connectivity index (χ0) is 20.4. The average molecular weight is 422 g/mol. The first-order valence-corrected chi connectivity index (χ1v) is 9.56. The molecule has 0 fully saturated rings. The second-order valence-corrected chi connectivity index (χ2v) is 7.45. The highest BCUT2D eigenvalue weighted by atomic mass is 35.5. The van der Waals surface area contributed by atoms with Crippen molar-refractivity contribution in [2.24, 2.45) is 5.73 Å². The van der Waals surface area contributed by atoms with E-state index < -0.39 is 0 Å². The molecule has 1 amide bonds. The fourth-order valence-electron chi connectivity index (χ4n) is 3.06. The van der Waals surface area contributed by atoms with Gasteiger partial charge in [-0.2, -0.15) is 0 Å². The van der Waals surface area contributed by atoms with E-state index in [1.165, 1.54) is 0 Å². The lowest BCUT2D eigenvalue weighted by Gasteiger charge is -2.17. The van der Waals surface area contributed by atoms with E-state index in [9.17, 15) is 4.79 Å². The highest BCUT2D eigenvalue weighted by Gasteiger charge is 2.21. The Labute approximate surface area is 172 Å². The fraction of sp³-hybridized carbons (Fsp3) is 0.316. The number of benzene rings is 1. The van der Waals surface area contributed by atoms with Gasteiger partial charge in [0.15, 0.2) is 0 Å². The Balaban J connectivity index is 2.26. The van der Waals surface area contributed by atoms with Crippen LogP contribution in [-0.2, 0) is 6.42 Å². The van der Waals surface area contributed by atoms with Crippen molar-refractivity contribution < 1.29 is 9.90 Å². The first-order chi connectivity index (χ1) is 13.3. The van der Waals surface area contributed by atoms with Gasteiger partial charge in [0.05, 0.1) is 17.3 Å². The van der Waals surface area contributed by atoms with E-state index in [1.54, 1.807) is 22.7 Å². The van der Waals surface area contributed by atoms with Crippen LogP contribution < -0.4 is 11.1 Å². The number of nitrogens with two attached hydrogens (primary N) is 1. The van der Waals surface area contributed by atoms with Crippen LogP contribution in [0, 0.1) is 6.92 Å². The third-order valence-corrected chi connectivity index (χ3v) is 4.81. The summed E-state index contributed by atoms with van der Waals surface area (Å²) in [5, 5.41) is 12.5. The zero-order valence-corrected chi connectivity index (χ0v) is 17.1. The number of rotatable bonds is 6. The molecule has 28 heavy (non-hydrogen) atoms. The number of amides is 1. The van der Waals surface area contributed by atoms with Gasteiger partial charge in [-0.3, -0.25) is 9.20 Å². The molecule has 0 aliphatic rings. The highest BCUT2D eigenvalue weighted by Crippen LogP contribution is 2.34. The number of nitrogens with zero attached hydrogens (tertiary/aromatic N) is 3. The van der Waals surface area contributed by atoms with E-state index >= 15 is 0 Å². The molecule has 0 spiro atoms. The van der Waals surface area contributed by atoms with Gasteiger partial charge < -0.3 is 16.2 Å². The molecular weight excluding hydrogens is 401 g/mol. The van der Waals surface area contributed by atoms with Gasteiger partial charge in [-0.25, -0.2) is 9.97 Å². The largest absolute Gasteiger partial charge is 0.395 e. The topological polar surface area (TPSA) is 106 Å². The number of aromatic nitrogens is 3. The molecule has 4 N–H and O–H groups in total. The van der Waals surface area contributed by atoms with Crippen molar-refractivity contribution >= 4 is 34.9 Å². The van der Waals surface area contributed by atoms with Crippen molar-refractivity contribution in [1.82, 2.24) is 19.7 Å². The summed E-state index contributed by atoms with van der Waals surface area (Å²) < 4.78 is 1.74. The van der Waals surface area contributed by atoms with Crippen LogP contribution in [0.15, 0.2) is 24.4 Å². The number of fused-ring (bicyclic) bond motifs is 1. The zero-order valence-electron chi connectivity index (χ0n) is 15.5. The first-order valence-electron chi connectivity index (χ1n) is 8.80. The number of carbonyl (C=O) groups is 1. The smallest absolute Gasteiger partial charge is 0.271 e. The molecule has 7 nitrogen and oxygen atoms in total. The number of hydrogen-bond donors (Lipinski definition) is 3. The van der Waals surface area contributed by atoms with E-state index in [-0.39, 0.29) is 30.8 Å². The minimum absolute atomic E-state index is 0.0985. The molecule has 3 aromatic rings. The molecule has 0 saturated carbocycles. The number of halogens is 2. The number of nitrogens with one attached hydrogen (secondary N) is 1. The summed E-state index contributed by atoms with van der Waals surface area (Å²) in [5.74, 6) is -0.0137. The van der Waals surface area contributed by atoms with Crippen LogP contribution in [0.25, 0.3) is 17.0 Å². The maximum absolute atomic E-state index is 12.3. The lowest BCUT2D eigenvalue weighted by molar-refractivity contribution is 0.0940. The SMILES string of the molecule is Cc1nc2nc(C(=O)NCCO)cn2c(-c2ccc(Cl)cc2Cl)c1C[C@H](C)N. The Morgan fingerprint density at radius 2 is 2.11 bits per heavy atom. The second-order valence-electron chi connectivity index (χ2n) is 6.61. The predicted molar refractivity (Wildman–Crippen MR) is 110 cm³/mol. The van der Waals surface area contributed by atoms with Crippen LogP contribution in [0.5, 0.6) is 0 Å². The van der Waals surface area contributed by atoms with Gasteiger partial charge in [-0.05, 0) is 44.0 Å². The summed E-state index contributed by atoms with van der Waals surface area (Å²) in [4.78, 5) is 21.2. The molecular formula is C19H21Cl2N5O2. The molecule has 0 aliphatic carbocycles. The Bertz CT molecular complexity index is 1030. The Morgan fingerprint density at radius 3 is 2.75 bits per heavy atom. The number of aliphatic hydroxyl groups excluding tert-OH is 1. The van der Waals surface area contributed by atoms with E-state index in [0.717, 1.165) is 22.5 Å². The molecule has 0 bridgehead atoms. The predicted octanol–water partition coefficient (Wildman–Crippen LogP) is 2.62. The van der Waals surface area contributed by atoms with Crippen molar-refractivity contribution in [1.29, 1.82) is 0 Å². The van der Waals surface area contributed by atoms with Gasteiger partial charge in [-0.15, -0.1) is 0 Å². The minimum Gasteiger partial charge on any atom is -0.395 e. The van der Waals surface area contributed by atoms with Gasteiger partial charge in [-0.1, -0.05) is 23.2 Å². The molecule has 2 heterocycles. The van der Waals surface area contributed by atoms with Crippen LogP contribution >= 0.6 is 23.2 Å². The fourth-order valence-corrected chi connectivity index (χ4v) is 3.56. The summed E-state index contributed by atoms with van der Waals surface area (Å²) in [6, 6.07) is 5.15. The van der Waals surface area contributed by atoms with Crippen molar-refractivity contribution in [2.75, 3.05) is 13.2 Å². The highest BCUT2D eigenvalue weighted by molar-refractivity contribution is 6.36. The molecule has 3 rings (SSSR count). The second kappa shape index (κ2) is 8.45. The van der Waals surface area contributed by atoms with Gasteiger partial charge in [0.1, 0.15) is 5.69 Å². The molecule has 0 aliphatic heterocycles. The summed E-state index contributed by atoms with van der Waals surface area (Å²) in [5.41, 5.74) is 9.46. The van der Waals surface area contributed by atoms with Crippen molar-refractivity contribution in [3.05, 3.63) is 51.4 Å².